The molecule has 33 heavy (non-hydrogen) atoms. The van der Waals surface area contributed by atoms with Crippen molar-refractivity contribution in [3.8, 4) is 0 Å². The maximum Gasteiger partial charge on any atom is 0.225 e. The van der Waals surface area contributed by atoms with Crippen molar-refractivity contribution in [1.29, 1.82) is 0 Å². The van der Waals surface area contributed by atoms with E-state index in [9.17, 15) is 4.79 Å². The van der Waals surface area contributed by atoms with E-state index in [4.69, 9.17) is 22.3 Å². The average Bonchev–Trinajstić information content (AvgIpc) is 2.96. The Morgan fingerprint density at radius 3 is 2.42 bits per heavy atom. The van der Waals surface area contributed by atoms with Gasteiger partial charge >= 0.3 is 0 Å². The largest absolute Gasteiger partial charge is 0.342 e. The smallest absolute Gasteiger partial charge is 0.225 e. The molecule has 2 heterocycles. The zero-order valence-corrected chi connectivity index (χ0v) is 22.6. The van der Waals surface area contributed by atoms with Crippen LogP contribution in [0.2, 0.25) is 5.02 Å². The van der Waals surface area contributed by atoms with Crippen molar-refractivity contribution in [2.24, 2.45) is 11.8 Å². The molecule has 3 aliphatic rings. The number of nitrogens with zero attached hydrogens (tertiary/aromatic N) is 2. The van der Waals surface area contributed by atoms with Crippen LogP contribution in [0.1, 0.15) is 66.8 Å². The molecule has 2 aromatic rings. The van der Waals surface area contributed by atoms with Gasteiger partial charge in [-0.15, -0.1) is 0 Å². The number of carbonyl (C=O) groups excluding carboxylic acids is 1. The van der Waals surface area contributed by atoms with Gasteiger partial charge in [0.2, 0.25) is 5.91 Å². The molecule has 1 amide bonds. The molecule has 1 saturated heterocycles. The maximum atomic E-state index is 13.1. The first kappa shape index (κ1) is 23.8. The van der Waals surface area contributed by atoms with Gasteiger partial charge in [0.05, 0.1) is 5.69 Å². The molecule has 1 radical (unpaired) electrons. The third kappa shape index (κ3) is 4.91. The number of nitrogens with one attached hydrogen (secondary N) is 1. The third-order valence-electron chi connectivity index (χ3n) is 7.82. The molecule has 4 nitrogen and oxygen atoms in total. The molecule has 0 spiro atoms. The first-order valence-corrected chi connectivity index (χ1v) is 14.0. The van der Waals surface area contributed by atoms with E-state index in [-0.39, 0.29) is 17.9 Å². The summed E-state index contributed by atoms with van der Waals surface area (Å²) in [6.07, 6.45) is 9.26. The molecular weight excluding hydrogens is 566 g/mol. The van der Waals surface area contributed by atoms with Gasteiger partial charge < -0.3 is 4.90 Å². The van der Waals surface area contributed by atoms with Crippen molar-refractivity contribution in [3.63, 3.8) is 0 Å². The Hall–Kier alpha value is -0.950. The normalized spacial score (nSPS) is 25.8. The lowest BCUT2D eigenvalue weighted by atomic mass is 9.76. The molecule has 0 bridgehead atoms. The lowest BCUT2D eigenvalue weighted by molar-refractivity contribution is -0.138. The monoisotopic (exact) mass is 592 g/mol. The predicted molar refractivity (Wildman–Crippen MR) is 138 cm³/mol. The van der Waals surface area contributed by atoms with Crippen LogP contribution >= 0.6 is 43.5 Å². The minimum atomic E-state index is 0.0228. The van der Waals surface area contributed by atoms with E-state index < -0.39 is 0 Å². The highest BCUT2D eigenvalue weighted by atomic mass is 79.9. The molecule has 1 aliphatic heterocycles. The molecule has 2 fully saturated rings. The van der Waals surface area contributed by atoms with Crippen molar-refractivity contribution in [1.82, 2.24) is 15.6 Å². The number of piperidine rings is 1. The number of rotatable bonds is 2. The minimum Gasteiger partial charge on any atom is -0.342 e. The highest BCUT2D eigenvalue weighted by molar-refractivity contribution is 9.10. The van der Waals surface area contributed by atoms with E-state index in [1.165, 1.54) is 22.4 Å². The van der Waals surface area contributed by atoms with Crippen LogP contribution in [0.3, 0.4) is 0 Å². The van der Waals surface area contributed by atoms with Crippen LogP contribution in [0.5, 0.6) is 0 Å². The second-order valence-corrected chi connectivity index (χ2v) is 12.1. The Bertz CT molecular complexity index is 1050. The number of carbonyl (C=O) groups is 1. The van der Waals surface area contributed by atoms with Gasteiger partial charge in [0.25, 0.3) is 0 Å². The number of benzene rings is 1. The molecule has 5 rings (SSSR count). The number of hydrogen-bond donors (Lipinski definition) is 0. The fourth-order valence-electron chi connectivity index (χ4n) is 6.08. The molecule has 1 saturated carbocycles. The van der Waals surface area contributed by atoms with E-state index in [0.717, 1.165) is 78.4 Å². The van der Waals surface area contributed by atoms with E-state index in [1.807, 2.05) is 12.3 Å². The molecule has 1 aromatic carbocycles. The van der Waals surface area contributed by atoms with Crippen molar-refractivity contribution >= 4 is 49.4 Å². The van der Waals surface area contributed by atoms with E-state index in [2.05, 4.69) is 48.9 Å². The summed E-state index contributed by atoms with van der Waals surface area (Å²) in [6, 6.07) is 6.38. The predicted octanol–water partition coefficient (Wildman–Crippen LogP) is 6.57. The average molecular weight is 595 g/mol. The van der Waals surface area contributed by atoms with Gasteiger partial charge in [0, 0.05) is 51.1 Å². The Labute approximate surface area is 217 Å². The molecule has 7 heteroatoms. The number of likely N-dealkylation sites (tertiary alicyclic amines) is 1. The maximum absolute atomic E-state index is 13.1. The van der Waals surface area contributed by atoms with Crippen LogP contribution in [0.15, 0.2) is 33.3 Å². The van der Waals surface area contributed by atoms with Crippen molar-refractivity contribution < 1.29 is 4.79 Å². The van der Waals surface area contributed by atoms with Crippen molar-refractivity contribution in [2.45, 2.75) is 63.3 Å². The molecular formula is C26H29Br2ClN3O. The summed E-state index contributed by atoms with van der Waals surface area (Å²) < 4.78 is 2.09. The Kier molecular flexibility index (Phi) is 7.18. The van der Waals surface area contributed by atoms with Crippen LogP contribution in [0, 0.1) is 11.8 Å². The number of aromatic nitrogens is 1. The fraction of sp³-hybridized carbons (Fsp3) is 0.538. The van der Waals surface area contributed by atoms with E-state index in [0.29, 0.717) is 11.8 Å². The van der Waals surface area contributed by atoms with Crippen LogP contribution in [0.25, 0.3) is 0 Å². The van der Waals surface area contributed by atoms with Crippen molar-refractivity contribution in [2.75, 3.05) is 13.1 Å². The van der Waals surface area contributed by atoms with E-state index >= 15 is 0 Å². The fourth-order valence-corrected chi connectivity index (χ4v) is 7.58. The summed E-state index contributed by atoms with van der Waals surface area (Å²) in [6.45, 7) is 1.63. The standard InChI is InChI=1S/C26H29Br2ClN3O/c27-19-11-18-2-1-17-12-20(29)13-22(28)23(17)24(25(18)31-14-19)15-7-9-32(10-8-15)26(33)16-3-5-21(30)6-4-16/h11-16,21,24,30H,1-10H2/t16?,21?,24-/m1/s1. The summed E-state index contributed by atoms with van der Waals surface area (Å²) >= 11 is 13.9. The first-order valence-electron chi connectivity index (χ1n) is 12.0. The molecule has 175 valence electrons. The van der Waals surface area contributed by atoms with Crippen LogP contribution in [-0.2, 0) is 17.6 Å². The van der Waals surface area contributed by atoms with Crippen LogP contribution in [-0.4, -0.2) is 34.9 Å². The topological polar surface area (TPSA) is 57.0 Å². The second kappa shape index (κ2) is 9.96. The highest BCUT2D eigenvalue weighted by Gasteiger charge is 2.37. The number of aryl methyl sites for hydroxylation is 2. The zero-order chi connectivity index (χ0) is 23.1. The summed E-state index contributed by atoms with van der Waals surface area (Å²) in [5, 5.41) is 0.766. The summed E-state index contributed by atoms with van der Waals surface area (Å²) in [4.78, 5) is 20.2. The van der Waals surface area contributed by atoms with Gasteiger partial charge in [-0.05, 0) is 108 Å². The summed E-state index contributed by atoms with van der Waals surface area (Å²) in [5.74, 6) is 1.07. The first-order chi connectivity index (χ1) is 15.9. The SMILES string of the molecule is [NH]C1CCC(C(=O)N2CCC([C@H]3c4ncc(Br)cc4CCc4cc(Cl)cc(Br)c43)CC2)CC1. The van der Waals surface area contributed by atoms with Gasteiger partial charge in [-0.2, -0.15) is 0 Å². The van der Waals surface area contributed by atoms with Crippen molar-refractivity contribution in [3.05, 3.63) is 60.7 Å². The number of fused-ring (bicyclic) bond motifs is 2. The van der Waals surface area contributed by atoms with E-state index in [1.54, 1.807) is 0 Å². The van der Waals surface area contributed by atoms with Gasteiger partial charge in [-0.3, -0.25) is 15.5 Å². The highest BCUT2D eigenvalue weighted by Crippen LogP contribution is 2.46. The number of hydrogen-bond acceptors (Lipinski definition) is 2. The molecule has 0 unspecified atom stereocenters. The number of pyridine rings is 1. The Balaban J connectivity index is 1.41. The molecule has 2 aliphatic carbocycles. The Morgan fingerprint density at radius 2 is 1.70 bits per heavy atom. The summed E-state index contributed by atoms with van der Waals surface area (Å²) in [7, 11) is 0. The second-order valence-electron chi connectivity index (χ2n) is 9.85. The summed E-state index contributed by atoms with van der Waals surface area (Å²) in [5.41, 5.74) is 13.0. The van der Waals surface area contributed by atoms with Crippen LogP contribution < -0.4 is 5.73 Å². The Morgan fingerprint density at radius 1 is 1.00 bits per heavy atom. The zero-order valence-electron chi connectivity index (χ0n) is 18.6. The van der Waals surface area contributed by atoms with Gasteiger partial charge in [0.15, 0.2) is 0 Å². The van der Waals surface area contributed by atoms with Gasteiger partial charge in [-0.1, -0.05) is 27.5 Å². The quantitative estimate of drug-likeness (QED) is 0.395. The molecule has 1 atom stereocenters. The van der Waals surface area contributed by atoms with Gasteiger partial charge in [0.1, 0.15) is 0 Å². The molecule has 1 aromatic heterocycles. The lowest BCUT2D eigenvalue weighted by Gasteiger charge is -2.39. The van der Waals surface area contributed by atoms with Gasteiger partial charge in [-0.25, -0.2) is 0 Å². The molecule has 1 N–H and O–H groups in total. The number of amides is 1. The third-order valence-corrected chi connectivity index (χ3v) is 9.12. The lowest BCUT2D eigenvalue weighted by Crippen LogP contribution is -2.44. The number of halogens is 3. The van der Waals surface area contributed by atoms with Crippen LogP contribution in [0.4, 0.5) is 0 Å². The minimum absolute atomic E-state index is 0.0228.